The number of nitrogens with one attached hydrogen (secondary N) is 2. The van der Waals surface area contributed by atoms with Gasteiger partial charge in [0.1, 0.15) is 22.4 Å². The Balaban J connectivity index is 1.91. The first-order valence-corrected chi connectivity index (χ1v) is 8.27. The Bertz CT molecular complexity index is 476. The molecular formula is C14H22BrN5O. The molecule has 0 aliphatic carbocycles. The summed E-state index contributed by atoms with van der Waals surface area (Å²) in [5.74, 6) is 1.53. The van der Waals surface area contributed by atoms with Crippen molar-refractivity contribution in [2.24, 2.45) is 0 Å². The molecule has 1 saturated heterocycles. The first-order chi connectivity index (χ1) is 10.2. The van der Waals surface area contributed by atoms with Crippen molar-refractivity contribution in [1.82, 2.24) is 14.9 Å². The van der Waals surface area contributed by atoms with Gasteiger partial charge in [-0.2, -0.15) is 0 Å². The van der Waals surface area contributed by atoms with Gasteiger partial charge in [-0.25, -0.2) is 9.97 Å². The van der Waals surface area contributed by atoms with E-state index >= 15 is 0 Å². The average molecular weight is 356 g/mol. The second-order valence-corrected chi connectivity index (χ2v) is 5.90. The monoisotopic (exact) mass is 355 g/mol. The summed E-state index contributed by atoms with van der Waals surface area (Å²) in [6.07, 6.45) is 5.95. The maximum atomic E-state index is 12.1. The number of likely N-dealkylation sites (tertiary alicyclic amines) is 1. The van der Waals surface area contributed by atoms with Crippen LogP contribution in [0.15, 0.2) is 10.8 Å². The van der Waals surface area contributed by atoms with E-state index in [2.05, 4.69) is 43.5 Å². The smallest absolute Gasteiger partial charge is 0.241 e. The molecule has 116 valence electrons. The maximum Gasteiger partial charge on any atom is 0.241 e. The van der Waals surface area contributed by atoms with Crippen molar-refractivity contribution in [2.75, 3.05) is 36.8 Å². The largest absolute Gasteiger partial charge is 0.369 e. The molecule has 1 fully saturated rings. The summed E-state index contributed by atoms with van der Waals surface area (Å²) in [5.41, 5.74) is 0. The van der Waals surface area contributed by atoms with E-state index in [0.717, 1.165) is 49.2 Å². The Morgan fingerprint density at radius 1 is 1.24 bits per heavy atom. The van der Waals surface area contributed by atoms with Gasteiger partial charge in [0.25, 0.3) is 0 Å². The molecule has 0 spiro atoms. The first kappa shape index (κ1) is 16.0. The highest BCUT2D eigenvalue weighted by Gasteiger charge is 2.17. The molecule has 1 aromatic heterocycles. The third-order valence-electron chi connectivity index (χ3n) is 3.45. The topological polar surface area (TPSA) is 70.1 Å². The summed E-state index contributed by atoms with van der Waals surface area (Å²) in [7, 11) is 0. The van der Waals surface area contributed by atoms with Crippen molar-refractivity contribution in [1.29, 1.82) is 0 Å². The number of carbonyl (C=O) groups excluding carboxylic acids is 1. The first-order valence-electron chi connectivity index (χ1n) is 7.48. The third-order valence-corrected chi connectivity index (χ3v) is 4.20. The molecule has 1 aliphatic heterocycles. The number of halogens is 1. The summed E-state index contributed by atoms with van der Waals surface area (Å²) < 4.78 is 0.768. The molecule has 2 N–H and O–H groups in total. The van der Waals surface area contributed by atoms with Crippen LogP contribution in [0.3, 0.4) is 0 Å². The summed E-state index contributed by atoms with van der Waals surface area (Å²) in [6.45, 7) is 4.95. The van der Waals surface area contributed by atoms with E-state index in [-0.39, 0.29) is 12.5 Å². The van der Waals surface area contributed by atoms with E-state index in [4.69, 9.17) is 0 Å². The van der Waals surface area contributed by atoms with Gasteiger partial charge in [0.05, 0.1) is 6.54 Å². The summed E-state index contributed by atoms with van der Waals surface area (Å²) in [6, 6.07) is 0. The van der Waals surface area contributed by atoms with Gasteiger partial charge >= 0.3 is 0 Å². The van der Waals surface area contributed by atoms with Gasteiger partial charge in [0.15, 0.2) is 0 Å². The van der Waals surface area contributed by atoms with Crippen LogP contribution in [-0.2, 0) is 4.79 Å². The number of amides is 1. The number of aromatic nitrogens is 2. The number of piperidine rings is 1. The fourth-order valence-electron chi connectivity index (χ4n) is 2.27. The second kappa shape index (κ2) is 8.17. The molecule has 1 aromatic rings. The van der Waals surface area contributed by atoms with Crippen LogP contribution >= 0.6 is 15.9 Å². The lowest BCUT2D eigenvalue weighted by molar-refractivity contribution is -0.130. The van der Waals surface area contributed by atoms with Crippen LogP contribution in [0.1, 0.15) is 32.6 Å². The lowest BCUT2D eigenvalue weighted by atomic mass is 10.1. The van der Waals surface area contributed by atoms with Gasteiger partial charge in [-0.1, -0.05) is 6.92 Å². The van der Waals surface area contributed by atoms with Crippen molar-refractivity contribution in [3.8, 4) is 0 Å². The molecule has 0 aromatic carbocycles. The Morgan fingerprint density at radius 3 is 2.57 bits per heavy atom. The Morgan fingerprint density at radius 2 is 1.90 bits per heavy atom. The van der Waals surface area contributed by atoms with E-state index in [1.165, 1.54) is 12.7 Å². The zero-order chi connectivity index (χ0) is 15.1. The minimum absolute atomic E-state index is 0.128. The van der Waals surface area contributed by atoms with E-state index in [1.54, 1.807) is 0 Å². The highest BCUT2D eigenvalue weighted by molar-refractivity contribution is 9.10. The van der Waals surface area contributed by atoms with Gasteiger partial charge in [0.2, 0.25) is 5.91 Å². The molecule has 2 heterocycles. The minimum atomic E-state index is 0.128. The van der Waals surface area contributed by atoms with E-state index in [9.17, 15) is 4.79 Å². The van der Waals surface area contributed by atoms with Gasteiger partial charge in [0, 0.05) is 19.6 Å². The zero-order valence-electron chi connectivity index (χ0n) is 12.4. The third kappa shape index (κ3) is 4.56. The van der Waals surface area contributed by atoms with Crippen molar-refractivity contribution < 1.29 is 4.79 Å². The average Bonchev–Trinajstić information content (AvgIpc) is 2.53. The van der Waals surface area contributed by atoms with Gasteiger partial charge in [-0.15, -0.1) is 0 Å². The molecule has 0 bridgehead atoms. The van der Waals surface area contributed by atoms with Gasteiger partial charge < -0.3 is 15.5 Å². The molecule has 1 aliphatic rings. The van der Waals surface area contributed by atoms with Crippen LogP contribution in [0, 0.1) is 0 Å². The Kier molecular flexibility index (Phi) is 6.22. The molecule has 6 nitrogen and oxygen atoms in total. The van der Waals surface area contributed by atoms with E-state index in [1.807, 2.05) is 4.90 Å². The highest BCUT2D eigenvalue weighted by Crippen LogP contribution is 2.26. The van der Waals surface area contributed by atoms with Crippen molar-refractivity contribution in [3.63, 3.8) is 0 Å². The van der Waals surface area contributed by atoms with Crippen LogP contribution < -0.4 is 10.6 Å². The minimum Gasteiger partial charge on any atom is -0.369 e. The number of hydrogen-bond donors (Lipinski definition) is 2. The maximum absolute atomic E-state index is 12.1. The van der Waals surface area contributed by atoms with Crippen LogP contribution in [0.25, 0.3) is 0 Å². The zero-order valence-corrected chi connectivity index (χ0v) is 13.9. The molecule has 21 heavy (non-hydrogen) atoms. The van der Waals surface area contributed by atoms with Crippen LogP contribution in [-0.4, -0.2) is 47.0 Å². The van der Waals surface area contributed by atoms with Gasteiger partial charge in [-0.3, -0.25) is 4.79 Å². The predicted molar refractivity (Wildman–Crippen MR) is 87.4 cm³/mol. The van der Waals surface area contributed by atoms with Crippen molar-refractivity contribution in [3.05, 3.63) is 10.8 Å². The SMILES string of the molecule is CCCNc1ncnc(NCC(=O)N2CCCCC2)c1Br. The summed E-state index contributed by atoms with van der Waals surface area (Å²) >= 11 is 3.48. The number of rotatable bonds is 6. The molecule has 0 radical (unpaired) electrons. The standard InChI is InChI=1S/C14H22BrN5O/c1-2-6-16-13-12(15)14(19-10-18-13)17-9-11(21)20-7-4-3-5-8-20/h10H,2-9H2,1H3,(H2,16,17,18,19). The molecule has 0 saturated carbocycles. The van der Waals surface area contributed by atoms with Crippen molar-refractivity contribution >= 4 is 33.5 Å². The number of hydrogen-bond acceptors (Lipinski definition) is 5. The number of anilines is 2. The summed E-state index contributed by atoms with van der Waals surface area (Å²) in [5, 5.41) is 6.32. The van der Waals surface area contributed by atoms with Gasteiger partial charge in [-0.05, 0) is 41.6 Å². The number of nitrogens with zero attached hydrogens (tertiary/aromatic N) is 3. The lowest BCUT2D eigenvalue weighted by Crippen LogP contribution is -2.39. The molecule has 2 rings (SSSR count). The fourth-order valence-corrected chi connectivity index (χ4v) is 2.76. The molecule has 0 unspecified atom stereocenters. The van der Waals surface area contributed by atoms with Crippen molar-refractivity contribution in [2.45, 2.75) is 32.6 Å². The van der Waals surface area contributed by atoms with Crippen LogP contribution in [0.4, 0.5) is 11.6 Å². The highest BCUT2D eigenvalue weighted by atomic mass is 79.9. The molecule has 7 heteroatoms. The normalized spacial score (nSPS) is 14.9. The predicted octanol–water partition coefficient (Wildman–Crippen LogP) is 2.49. The summed E-state index contributed by atoms with van der Waals surface area (Å²) in [4.78, 5) is 22.4. The Hall–Kier alpha value is -1.37. The molecular weight excluding hydrogens is 334 g/mol. The van der Waals surface area contributed by atoms with Crippen LogP contribution in [0.2, 0.25) is 0 Å². The molecule has 1 amide bonds. The van der Waals surface area contributed by atoms with E-state index in [0.29, 0.717) is 5.82 Å². The number of carbonyl (C=O) groups is 1. The molecule has 0 atom stereocenters. The lowest BCUT2D eigenvalue weighted by Gasteiger charge is -2.26. The Labute approximate surface area is 133 Å². The fraction of sp³-hybridized carbons (Fsp3) is 0.643. The van der Waals surface area contributed by atoms with E-state index < -0.39 is 0 Å². The quantitative estimate of drug-likeness (QED) is 0.820. The second-order valence-electron chi connectivity index (χ2n) is 5.11. The van der Waals surface area contributed by atoms with Crippen LogP contribution in [0.5, 0.6) is 0 Å².